The normalized spacial score (nSPS) is 36.6. The minimum atomic E-state index is -0.184. The third-order valence-corrected chi connectivity index (χ3v) is 4.22. The summed E-state index contributed by atoms with van der Waals surface area (Å²) >= 11 is 0. The van der Waals surface area contributed by atoms with Gasteiger partial charge in [-0.3, -0.25) is 9.59 Å². The molecule has 0 N–H and O–H groups in total. The van der Waals surface area contributed by atoms with Crippen LogP contribution in [0.15, 0.2) is 30.6 Å². The fraction of sp³-hybridized carbons (Fsp3) is 0.385. The molecule has 4 atom stereocenters. The maximum Gasteiger partial charge on any atom is 0.240 e. The molecule has 5 heteroatoms. The molecular formula is C13H11N3O2. The number of carbonyl (C=O) groups excluding carboxylic acids is 2. The summed E-state index contributed by atoms with van der Waals surface area (Å²) in [5.41, 5.74) is 0. The van der Waals surface area contributed by atoms with Gasteiger partial charge in [0.25, 0.3) is 0 Å². The average Bonchev–Trinajstić information content (AvgIpc) is 3.05. The molecule has 4 rings (SSSR count). The Morgan fingerprint density at radius 3 is 2.11 bits per heavy atom. The van der Waals surface area contributed by atoms with Crippen LogP contribution >= 0.6 is 0 Å². The molecule has 1 aromatic heterocycles. The monoisotopic (exact) mass is 241 g/mol. The Hall–Kier alpha value is -2.04. The Kier molecular flexibility index (Phi) is 1.79. The van der Waals surface area contributed by atoms with E-state index in [0.29, 0.717) is 0 Å². The minimum Gasteiger partial charge on any atom is -0.274 e. The number of anilines is 1. The summed E-state index contributed by atoms with van der Waals surface area (Å²) in [5.74, 6) is 0.0327. The largest absolute Gasteiger partial charge is 0.274 e. The lowest BCUT2D eigenvalue weighted by Gasteiger charge is -2.14. The second kappa shape index (κ2) is 3.25. The van der Waals surface area contributed by atoms with Crippen molar-refractivity contribution in [3.8, 4) is 0 Å². The van der Waals surface area contributed by atoms with Crippen LogP contribution in [0.25, 0.3) is 0 Å². The fourth-order valence-electron chi connectivity index (χ4n) is 3.51. The van der Waals surface area contributed by atoms with Crippen LogP contribution in [0.1, 0.15) is 6.42 Å². The molecule has 2 fully saturated rings. The van der Waals surface area contributed by atoms with E-state index in [9.17, 15) is 9.59 Å². The first-order valence-corrected chi connectivity index (χ1v) is 6.10. The molecule has 1 saturated carbocycles. The first-order chi connectivity index (χ1) is 8.77. The second-order valence-electron chi connectivity index (χ2n) is 5.06. The topological polar surface area (TPSA) is 63.2 Å². The molecule has 2 aliphatic carbocycles. The van der Waals surface area contributed by atoms with Gasteiger partial charge in [0.2, 0.25) is 17.8 Å². The van der Waals surface area contributed by atoms with Crippen LogP contribution < -0.4 is 4.90 Å². The molecule has 0 aromatic carbocycles. The standard InChI is InChI=1S/C13H11N3O2/c17-11-9-7-2-3-8(6-7)10(9)12(18)16(11)13-14-4-1-5-15-13/h1-5,7-10H,6H2/t7-,8-,9+,10+/m0/s1. The SMILES string of the molecule is O=C1[C@H]2[C@H](C(=O)N1c1ncccn1)[C@H]1C=C[C@H]2C1. The molecule has 0 spiro atoms. The highest BCUT2D eigenvalue weighted by Gasteiger charge is 2.60. The van der Waals surface area contributed by atoms with Crippen molar-refractivity contribution in [3.63, 3.8) is 0 Å². The van der Waals surface area contributed by atoms with E-state index >= 15 is 0 Å². The van der Waals surface area contributed by atoms with Crippen LogP contribution in [0.5, 0.6) is 0 Å². The third-order valence-electron chi connectivity index (χ3n) is 4.22. The summed E-state index contributed by atoms with van der Waals surface area (Å²) in [6.45, 7) is 0. The predicted molar refractivity (Wildman–Crippen MR) is 62.2 cm³/mol. The van der Waals surface area contributed by atoms with Gasteiger partial charge >= 0.3 is 0 Å². The maximum absolute atomic E-state index is 12.4. The lowest BCUT2D eigenvalue weighted by molar-refractivity contribution is -0.123. The maximum atomic E-state index is 12.4. The van der Waals surface area contributed by atoms with Gasteiger partial charge in [0.15, 0.2) is 0 Å². The molecule has 0 unspecified atom stereocenters. The Morgan fingerprint density at radius 2 is 1.56 bits per heavy atom. The van der Waals surface area contributed by atoms with Crippen LogP contribution in [0.4, 0.5) is 5.95 Å². The Labute approximate surface area is 104 Å². The molecule has 18 heavy (non-hydrogen) atoms. The summed E-state index contributed by atoms with van der Waals surface area (Å²) in [6, 6.07) is 1.67. The van der Waals surface area contributed by atoms with Gasteiger partial charge in [-0.05, 0) is 24.3 Å². The van der Waals surface area contributed by atoms with Crippen LogP contribution in [-0.2, 0) is 9.59 Å². The van der Waals surface area contributed by atoms with Gasteiger partial charge in [0, 0.05) is 12.4 Å². The highest BCUT2D eigenvalue weighted by atomic mass is 16.2. The Bertz CT molecular complexity index is 539. The number of allylic oxidation sites excluding steroid dienone is 2. The van der Waals surface area contributed by atoms with E-state index in [4.69, 9.17) is 0 Å². The molecule has 2 amide bonds. The van der Waals surface area contributed by atoms with E-state index in [2.05, 4.69) is 22.1 Å². The van der Waals surface area contributed by atoms with Crippen molar-refractivity contribution in [1.82, 2.24) is 9.97 Å². The molecule has 3 aliphatic rings. The van der Waals surface area contributed by atoms with Gasteiger partial charge in [-0.25, -0.2) is 14.9 Å². The zero-order valence-corrected chi connectivity index (χ0v) is 9.56. The number of nitrogens with zero attached hydrogens (tertiary/aromatic N) is 3. The number of carbonyl (C=O) groups is 2. The highest BCUT2D eigenvalue weighted by molar-refractivity contribution is 6.21. The molecule has 2 heterocycles. The van der Waals surface area contributed by atoms with Gasteiger partial charge in [-0.15, -0.1) is 0 Å². The van der Waals surface area contributed by atoms with Gasteiger partial charge in [-0.1, -0.05) is 12.2 Å². The van der Waals surface area contributed by atoms with Crippen molar-refractivity contribution in [2.75, 3.05) is 4.90 Å². The predicted octanol–water partition coefficient (Wildman–Crippen LogP) is 0.788. The van der Waals surface area contributed by atoms with E-state index in [0.717, 1.165) is 6.42 Å². The molecule has 1 aliphatic heterocycles. The van der Waals surface area contributed by atoms with E-state index < -0.39 is 0 Å². The molecule has 5 nitrogen and oxygen atoms in total. The van der Waals surface area contributed by atoms with Crippen LogP contribution in [0.2, 0.25) is 0 Å². The first-order valence-electron chi connectivity index (χ1n) is 6.10. The number of hydrogen-bond acceptors (Lipinski definition) is 4. The van der Waals surface area contributed by atoms with Gasteiger partial charge in [-0.2, -0.15) is 0 Å². The third kappa shape index (κ3) is 1.06. The number of imide groups is 1. The Morgan fingerprint density at radius 1 is 1.00 bits per heavy atom. The number of aromatic nitrogens is 2. The zero-order valence-electron chi connectivity index (χ0n) is 9.56. The van der Waals surface area contributed by atoms with E-state index in [-0.39, 0.29) is 41.4 Å². The molecule has 90 valence electrons. The average molecular weight is 241 g/mol. The Balaban J connectivity index is 1.77. The number of fused-ring (bicyclic) bond motifs is 5. The van der Waals surface area contributed by atoms with Crippen molar-refractivity contribution in [3.05, 3.63) is 30.6 Å². The number of rotatable bonds is 1. The van der Waals surface area contributed by atoms with Crippen LogP contribution in [-0.4, -0.2) is 21.8 Å². The second-order valence-corrected chi connectivity index (χ2v) is 5.06. The summed E-state index contributed by atoms with van der Waals surface area (Å²) in [6.07, 6.45) is 8.18. The molecule has 1 saturated heterocycles. The van der Waals surface area contributed by atoms with E-state index in [1.807, 2.05) is 0 Å². The smallest absolute Gasteiger partial charge is 0.240 e. The van der Waals surface area contributed by atoms with Gasteiger partial charge in [0.05, 0.1) is 11.8 Å². The first kappa shape index (κ1) is 9.94. The van der Waals surface area contributed by atoms with E-state index in [1.54, 1.807) is 18.5 Å². The van der Waals surface area contributed by atoms with Crippen molar-refractivity contribution >= 4 is 17.8 Å². The summed E-state index contributed by atoms with van der Waals surface area (Å²) < 4.78 is 0. The summed E-state index contributed by atoms with van der Waals surface area (Å²) in [5, 5.41) is 0. The highest BCUT2D eigenvalue weighted by Crippen LogP contribution is 2.52. The zero-order chi connectivity index (χ0) is 12.3. The quantitative estimate of drug-likeness (QED) is 0.538. The summed E-state index contributed by atoms with van der Waals surface area (Å²) in [4.78, 5) is 34.0. The molecule has 2 bridgehead atoms. The lowest BCUT2D eigenvalue weighted by Crippen LogP contribution is -2.34. The van der Waals surface area contributed by atoms with Gasteiger partial charge < -0.3 is 0 Å². The lowest BCUT2D eigenvalue weighted by atomic mass is 9.85. The van der Waals surface area contributed by atoms with Crippen LogP contribution in [0.3, 0.4) is 0 Å². The van der Waals surface area contributed by atoms with Crippen molar-refractivity contribution in [1.29, 1.82) is 0 Å². The van der Waals surface area contributed by atoms with Crippen molar-refractivity contribution in [2.45, 2.75) is 6.42 Å². The molecular weight excluding hydrogens is 230 g/mol. The number of amides is 2. The molecule has 0 radical (unpaired) electrons. The van der Waals surface area contributed by atoms with Gasteiger partial charge in [0.1, 0.15) is 0 Å². The van der Waals surface area contributed by atoms with Crippen molar-refractivity contribution < 1.29 is 9.59 Å². The van der Waals surface area contributed by atoms with E-state index in [1.165, 1.54) is 4.90 Å². The molecule has 1 aromatic rings. The summed E-state index contributed by atoms with van der Waals surface area (Å²) in [7, 11) is 0. The fourth-order valence-corrected chi connectivity index (χ4v) is 3.51. The van der Waals surface area contributed by atoms with Crippen molar-refractivity contribution in [2.24, 2.45) is 23.7 Å². The minimum absolute atomic E-state index is 0.131. The van der Waals surface area contributed by atoms with Crippen LogP contribution in [0, 0.1) is 23.7 Å². The number of hydrogen-bond donors (Lipinski definition) is 0.